The highest BCUT2D eigenvalue weighted by molar-refractivity contribution is 7.92. The van der Waals surface area contributed by atoms with Gasteiger partial charge in [-0.25, -0.2) is 8.42 Å². The van der Waals surface area contributed by atoms with Crippen molar-refractivity contribution in [3.8, 4) is 0 Å². The van der Waals surface area contributed by atoms with Crippen LogP contribution in [-0.2, 0) is 14.8 Å². The molecular weight excluding hydrogens is 423 g/mol. The number of hydrogen-bond acceptors (Lipinski definition) is 4. The third kappa shape index (κ3) is 4.60. The van der Waals surface area contributed by atoms with E-state index in [0.717, 1.165) is 0 Å². The van der Waals surface area contributed by atoms with Gasteiger partial charge >= 0.3 is 0 Å². The monoisotopic (exact) mass is 442 g/mol. The summed E-state index contributed by atoms with van der Waals surface area (Å²) in [6.07, 6.45) is -0.180. The van der Waals surface area contributed by atoms with Crippen molar-refractivity contribution in [1.29, 1.82) is 0 Å². The van der Waals surface area contributed by atoms with E-state index in [9.17, 15) is 13.2 Å². The number of amides is 1. The van der Waals surface area contributed by atoms with E-state index >= 15 is 0 Å². The second-order valence-electron chi connectivity index (χ2n) is 6.69. The molecule has 2 atom stereocenters. The number of halogens is 2. The first-order valence-corrected chi connectivity index (χ1v) is 10.9. The zero-order chi connectivity index (χ0) is 20.5. The van der Waals surface area contributed by atoms with Gasteiger partial charge in [-0.1, -0.05) is 35.3 Å². The maximum atomic E-state index is 13.0. The number of nitrogens with zero attached hydrogens (tertiary/aromatic N) is 1. The van der Waals surface area contributed by atoms with Gasteiger partial charge in [0.2, 0.25) is 0 Å². The molecule has 9 heteroatoms. The minimum atomic E-state index is -3.95. The number of carbonyl (C=O) groups is 1. The van der Waals surface area contributed by atoms with Crippen LogP contribution in [0, 0.1) is 0 Å². The summed E-state index contributed by atoms with van der Waals surface area (Å²) in [6.45, 7) is 4.68. The Hall–Kier alpha value is -1.80. The van der Waals surface area contributed by atoms with E-state index in [1.165, 1.54) is 18.2 Å². The van der Waals surface area contributed by atoms with Crippen molar-refractivity contribution < 1.29 is 17.9 Å². The first-order valence-electron chi connectivity index (χ1n) is 8.69. The number of hydrogen-bond donors (Lipinski definition) is 1. The molecule has 1 heterocycles. The summed E-state index contributed by atoms with van der Waals surface area (Å²) >= 11 is 11.8. The fourth-order valence-corrected chi connectivity index (χ4v) is 4.59. The summed E-state index contributed by atoms with van der Waals surface area (Å²) in [4.78, 5) is 14.7. The molecule has 2 unspecified atom stereocenters. The van der Waals surface area contributed by atoms with E-state index in [1.54, 1.807) is 29.2 Å². The molecule has 28 heavy (non-hydrogen) atoms. The first-order chi connectivity index (χ1) is 13.2. The number of nitrogens with one attached hydrogen (secondary N) is 1. The zero-order valence-corrected chi connectivity index (χ0v) is 17.7. The summed E-state index contributed by atoms with van der Waals surface area (Å²) in [7, 11) is -3.95. The molecule has 1 aliphatic rings. The molecule has 0 spiro atoms. The number of para-hydroxylation sites is 1. The molecule has 2 aromatic rings. The zero-order valence-electron chi connectivity index (χ0n) is 15.4. The highest BCUT2D eigenvalue weighted by Gasteiger charge is 2.28. The third-order valence-electron chi connectivity index (χ3n) is 4.31. The van der Waals surface area contributed by atoms with Crippen molar-refractivity contribution in [1.82, 2.24) is 4.90 Å². The first kappa shape index (κ1) is 20.9. The van der Waals surface area contributed by atoms with Gasteiger partial charge in [-0.05, 0) is 44.2 Å². The molecule has 1 saturated heterocycles. The van der Waals surface area contributed by atoms with Crippen molar-refractivity contribution in [2.24, 2.45) is 0 Å². The van der Waals surface area contributed by atoms with Crippen LogP contribution in [0.1, 0.15) is 24.2 Å². The van der Waals surface area contributed by atoms with Gasteiger partial charge < -0.3 is 9.64 Å². The van der Waals surface area contributed by atoms with E-state index in [4.69, 9.17) is 27.9 Å². The van der Waals surface area contributed by atoms with Crippen LogP contribution in [0.3, 0.4) is 0 Å². The molecule has 6 nitrogen and oxygen atoms in total. The lowest BCUT2D eigenvalue weighted by molar-refractivity contribution is -0.0585. The predicted molar refractivity (Wildman–Crippen MR) is 110 cm³/mol. The lowest BCUT2D eigenvalue weighted by Gasteiger charge is -2.35. The average molecular weight is 443 g/mol. The quantitative estimate of drug-likeness (QED) is 0.774. The molecular formula is C19H20Cl2N2O4S. The van der Waals surface area contributed by atoms with Gasteiger partial charge in [0.1, 0.15) is 0 Å². The number of benzene rings is 2. The van der Waals surface area contributed by atoms with Gasteiger partial charge in [0, 0.05) is 13.1 Å². The van der Waals surface area contributed by atoms with Crippen molar-refractivity contribution in [3.05, 3.63) is 58.1 Å². The van der Waals surface area contributed by atoms with E-state index in [-0.39, 0.29) is 44.3 Å². The average Bonchev–Trinajstić information content (AvgIpc) is 2.62. The van der Waals surface area contributed by atoms with Gasteiger partial charge in [-0.15, -0.1) is 0 Å². The van der Waals surface area contributed by atoms with Crippen molar-refractivity contribution in [2.45, 2.75) is 31.0 Å². The highest BCUT2D eigenvalue weighted by Crippen LogP contribution is 2.27. The van der Waals surface area contributed by atoms with Crippen LogP contribution in [0.25, 0.3) is 0 Å². The summed E-state index contributed by atoms with van der Waals surface area (Å²) in [5, 5.41) is 0.386. The standard InChI is InChI=1S/C19H20Cl2N2O4S/c1-12-10-23(11-13(2)27-12)19(24)15-5-3-4-6-18(15)22-28(25,26)14-7-8-16(20)17(21)9-14/h3-9,12-13,22H,10-11H2,1-2H3. The minimum absolute atomic E-state index is 0.0437. The Bertz CT molecular complexity index is 987. The largest absolute Gasteiger partial charge is 0.372 e. The number of sulfonamides is 1. The third-order valence-corrected chi connectivity index (χ3v) is 6.41. The van der Waals surface area contributed by atoms with Gasteiger partial charge in [0.05, 0.1) is 38.4 Å². The lowest BCUT2D eigenvalue weighted by Crippen LogP contribution is -2.48. The van der Waals surface area contributed by atoms with Crippen LogP contribution < -0.4 is 4.72 Å². The maximum absolute atomic E-state index is 13.0. The van der Waals surface area contributed by atoms with Crippen molar-refractivity contribution in [3.63, 3.8) is 0 Å². The Morgan fingerprint density at radius 1 is 1.07 bits per heavy atom. The molecule has 0 radical (unpaired) electrons. The molecule has 0 saturated carbocycles. The molecule has 3 rings (SSSR count). The van der Waals surface area contributed by atoms with Crippen LogP contribution in [0.4, 0.5) is 5.69 Å². The number of anilines is 1. The van der Waals surface area contributed by atoms with Crippen molar-refractivity contribution >= 4 is 44.8 Å². The van der Waals surface area contributed by atoms with Gasteiger partial charge in [-0.3, -0.25) is 9.52 Å². The fourth-order valence-electron chi connectivity index (χ4n) is 3.12. The predicted octanol–water partition coefficient (Wildman–Crippen LogP) is 4.04. The number of morpholine rings is 1. The Labute approximate surface area is 174 Å². The van der Waals surface area contributed by atoms with Gasteiger partial charge in [-0.2, -0.15) is 0 Å². The molecule has 2 aromatic carbocycles. The molecule has 1 amide bonds. The second-order valence-corrected chi connectivity index (χ2v) is 9.19. The van der Waals surface area contributed by atoms with E-state index < -0.39 is 10.0 Å². The minimum Gasteiger partial charge on any atom is -0.372 e. The maximum Gasteiger partial charge on any atom is 0.261 e. The van der Waals surface area contributed by atoms with Crippen molar-refractivity contribution in [2.75, 3.05) is 17.8 Å². The van der Waals surface area contributed by atoms with E-state index in [2.05, 4.69) is 4.72 Å². The van der Waals surface area contributed by atoms with Gasteiger partial charge in [0.15, 0.2) is 0 Å². The number of rotatable bonds is 4. The van der Waals surface area contributed by atoms with Gasteiger partial charge in [0.25, 0.3) is 15.9 Å². The number of carbonyl (C=O) groups excluding carboxylic acids is 1. The fraction of sp³-hybridized carbons (Fsp3) is 0.316. The molecule has 1 fully saturated rings. The molecule has 0 aromatic heterocycles. The summed E-state index contributed by atoms with van der Waals surface area (Å²) in [5.74, 6) is -0.255. The molecule has 0 aliphatic carbocycles. The Morgan fingerprint density at radius 2 is 1.71 bits per heavy atom. The van der Waals surface area contributed by atoms with Crippen LogP contribution in [0.15, 0.2) is 47.4 Å². The highest BCUT2D eigenvalue weighted by atomic mass is 35.5. The molecule has 0 bridgehead atoms. The molecule has 1 N–H and O–H groups in total. The Morgan fingerprint density at radius 3 is 2.36 bits per heavy atom. The Balaban J connectivity index is 1.89. The van der Waals surface area contributed by atoms with Crippen LogP contribution in [0.5, 0.6) is 0 Å². The van der Waals surface area contributed by atoms with Crippen LogP contribution in [-0.4, -0.2) is 44.5 Å². The van der Waals surface area contributed by atoms with E-state index in [1.807, 2.05) is 13.8 Å². The molecule has 1 aliphatic heterocycles. The SMILES string of the molecule is CC1CN(C(=O)c2ccccc2NS(=O)(=O)c2ccc(Cl)c(Cl)c2)CC(C)O1. The summed E-state index contributed by atoms with van der Waals surface area (Å²) in [5.41, 5.74) is 0.470. The van der Waals surface area contributed by atoms with E-state index in [0.29, 0.717) is 13.1 Å². The Kier molecular flexibility index (Phi) is 6.19. The summed E-state index contributed by atoms with van der Waals surface area (Å²) in [6, 6.07) is 10.5. The molecule has 150 valence electrons. The smallest absolute Gasteiger partial charge is 0.261 e. The number of ether oxygens (including phenoxy) is 1. The lowest BCUT2D eigenvalue weighted by atomic mass is 10.1. The van der Waals surface area contributed by atoms with Crippen LogP contribution in [0.2, 0.25) is 10.0 Å². The second kappa shape index (κ2) is 8.29. The summed E-state index contributed by atoms with van der Waals surface area (Å²) < 4.78 is 33.7. The van der Waals surface area contributed by atoms with Crippen LogP contribution >= 0.6 is 23.2 Å². The topological polar surface area (TPSA) is 75.7 Å². The normalized spacial score (nSPS) is 20.1.